The van der Waals surface area contributed by atoms with Crippen LogP contribution in [0.25, 0.3) is 0 Å². The van der Waals surface area contributed by atoms with Gasteiger partial charge in [0.05, 0.1) is 6.61 Å². The van der Waals surface area contributed by atoms with Crippen LogP contribution in [-0.4, -0.2) is 61.7 Å². The average Bonchev–Trinajstić information content (AvgIpc) is 2.42. The first kappa shape index (κ1) is 18.7. The maximum absolute atomic E-state index is 11.8. The van der Waals surface area contributed by atoms with Crippen LogP contribution in [0.1, 0.15) is 33.6 Å². The standard InChI is InChI=1S/C14H30N2O2S/c1-5-16(6-2)11-10-15-13(9-8-12-19-4)14(17)18-7-3/h13,15H,5-12H2,1-4H3. The second kappa shape index (κ2) is 12.8. The van der Waals surface area contributed by atoms with Gasteiger partial charge in [-0.1, -0.05) is 13.8 Å². The number of rotatable bonds is 12. The van der Waals surface area contributed by atoms with Gasteiger partial charge in [-0.05, 0) is 44.9 Å². The van der Waals surface area contributed by atoms with Gasteiger partial charge in [0.1, 0.15) is 6.04 Å². The van der Waals surface area contributed by atoms with Gasteiger partial charge in [-0.15, -0.1) is 0 Å². The fourth-order valence-electron chi connectivity index (χ4n) is 1.91. The molecule has 0 bridgehead atoms. The third-order valence-electron chi connectivity index (χ3n) is 3.13. The molecule has 0 aliphatic rings. The number of nitrogens with one attached hydrogen (secondary N) is 1. The van der Waals surface area contributed by atoms with E-state index in [-0.39, 0.29) is 12.0 Å². The lowest BCUT2D eigenvalue weighted by Crippen LogP contribution is -2.42. The second-order valence-corrected chi connectivity index (χ2v) is 5.41. The Hall–Kier alpha value is -0.260. The smallest absolute Gasteiger partial charge is 0.323 e. The third-order valence-corrected chi connectivity index (χ3v) is 3.82. The van der Waals surface area contributed by atoms with E-state index in [1.807, 2.05) is 18.7 Å². The first-order valence-electron chi connectivity index (χ1n) is 7.30. The van der Waals surface area contributed by atoms with Crippen molar-refractivity contribution in [3.63, 3.8) is 0 Å². The van der Waals surface area contributed by atoms with Gasteiger partial charge < -0.3 is 15.0 Å². The zero-order chi connectivity index (χ0) is 14.5. The van der Waals surface area contributed by atoms with Crippen LogP contribution in [0.5, 0.6) is 0 Å². The molecule has 0 aromatic rings. The number of likely N-dealkylation sites (N-methyl/N-ethyl adjacent to an activating group) is 1. The molecule has 0 rings (SSSR count). The number of ether oxygens (including phenoxy) is 1. The summed E-state index contributed by atoms with van der Waals surface area (Å²) >= 11 is 1.82. The molecule has 1 atom stereocenters. The predicted octanol–water partition coefficient (Wildman–Crippen LogP) is 1.99. The molecule has 5 heteroatoms. The topological polar surface area (TPSA) is 41.6 Å². The molecular weight excluding hydrogens is 260 g/mol. The summed E-state index contributed by atoms with van der Waals surface area (Å²) < 4.78 is 5.12. The van der Waals surface area contributed by atoms with Crippen molar-refractivity contribution >= 4 is 17.7 Å². The van der Waals surface area contributed by atoms with E-state index in [0.29, 0.717) is 6.61 Å². The summed E-state index contributed by atoms with van der Waals surface area (Å²) in [4.78, 5) is 14.2. The Morgan fingerprint density at radius 2 is 2.00 bits per heavy atom. The zero-order valence-corrected chi connectivity index (χ0v) is 13.7. The number of hydrogen-bond donors (Lipinski definition) is 1. The van der Waals surface area contributed by atoms with Crippen molar-refractivity contribution in [2.45, 2.75) is 39.7 Å². The molecule has 114 valence electrons. The van der Waals surface area contributed by atoms with E-state index in [1.54, 1.807) is 0 Å². The van der Waals surface area contributed by atoms with E-state index in [1.165, 1.54) is 0 Å². The zero-order valence-electron chi connectivity index (χ0n) is 12.9. The summed E-state index contributed by atoms with van der Waals surface area (Å²) in [6.07, 6.45) is 3.99. The number of thioether (sulfide) groups is 1. The molecule has 0 amide bonds. The molecule has 0 aromatic carbocycles. The number of hydrogen-bond acceptors (Lipinski definition) is 5. The molecule has 1 unspecified atom stereocenters. The molecule has 4 nitrogen and oxygen atoms in total. The normalized spacial score (nSPS) is 12.7. The van der Waals surface area contributed by atoms with Crippen LogP contribution >= 0.6 is 11.8 Å². The second-order valence-electron chi connectivity index (χ2n) is 4.42. The van der Waals surface area contributed by atoms with E-state index < -0.39 is 0 Å². The summed E-state index contributed by atoms with van der Waals surface area (Å²) in [5.41, 5.74) is 0. The van der Waals surface area contributed by atoms with E-state index >= 15 is 0 Å². The molecule has 0 fully saturated rings. The minimum Gasteiger partial charge on any atom is -0.465 e. The van der Waals surface area contributed by atoms with E-state index in [9.17, 15) is 4.79 Å². The number of esters is 1. The highest BCUT2D eigenvalue weighted by molar-refractivity contribution is 7.98. The highest BCUT2D eigenvalue weighted by Crippen LogP contribution is 2.05. The molecule has 0 radical (unpaired) electrons. The summed E-state index contributed by atoms with van der Waals surface area (Å²) in [6, 6.07) is -0.150. The van der Waals surface area contributed by atoms with Gasteiger partial charge in [-0.25, -0.2) is 0 Å². The lowest BCUT2D eigenvalue weighted by molar-refractivity contribution is -0.145. The summed E-state index contributed by atoms with van der Waals surface area (Å²) in [6.45, 7) is 10.5. The molecule has 0 aromatic heterocycles. The number of carbonyl (C=O) groups excluding carboxylic acids is 1. The van der Waals surface area contributed by atoms with Gasteiger partial charge in [0.15, 0.2) is 0 Å². The molecule has 0 saturated heterocycles. The van der Waals surface area contributed by atoms with Crippen molar-refractivity contribution in [1.82, 2.24) is 10.2 Å². The lowest BCUT2D eigenvalue weighted by Gasteiger charge is -2.21. The van der Waals surface area contributed by atoms with E-state index in [2.05, 4.69) is 30.3 Å². The predicted molar refractivity (Wildman–Crippen MR) is 83.8 cm³/mol. The van der Waals surface area contributed by atoms with Crippen molar-refractivity contribution in [2.75, 3.05) is 44.8 Å². The highest BCUT2D eigenvalue weighted by Gasteiger charge is 2.18. The number of nitrogens with zero attached hydrogens (tertiary/aromatic N) is 1. The van der Waals surface area contributed by atoms with Crippen molar-refractivity contribution in [3.8, 4) is 0 Å². The van der Waals surface area contributed by atoms with Gasteiger partial charge in [0, 0.05) is 13.1 Å². The van der Waals surface area contributed by atoms with Crippen LogP contribution in [-0.2, 0) is 9.53 Å². The van der Waals surface area contributed by atoms with Crippen molar-refractivity contribution in [3.05, 3.63) is 0 Å². The Morgan fingerprint density at radius 1 is 1.32 bits per heavy atom. The number of carbonyl (C=O) groups is 1. The minimum atomic E-state index is -0.150. The fraction of sp³-hybridized carbons (Fsp3) is 0.929. The van der Waals surface area contributed by atoms with Gasteiger partial charge in [0.25, 0.3) is 0 Å². The molecular formula is C14H30N2O2S. The van der Waals surface area contributed by atoms with Crippen molar-refractivity contribution in [2.24, 2.45) is 0 Å². The molecule has 19 heavy (non-hydrogen) atoms. The minimum absolute atomic E-state index is 0.108. The van der Waals surface area contributed by atoms with Crippen LogP contribution in [0.2, 0.25) is 0 Å². The first-order chi connectivity index (χ1) is 9.19. The maximum atomic E-state index is 11.8. The highest BCUT2D eigenvalue weighted by atomic mass is 32.2. The quantitative estimate of drug-likeness (QED) is 0.440. The van der Waals surface area contributed by atoms with Crippen molar-refractivity contribution in [1.29, 1.82) is 0 Å². The molecule has 0 aliphatic carbocycles. The summed E-state index contributed by atoms with van der Waals surface area (Å²) in [5, 5.41) is 3.34. The largest absolute Gasteiger partial charge is 0.465 e. The van der Waals surface area contributed by atoms with Crippen LogP contribution in [0.3, 0.4) is 0 Å². The Labute approximate surface area is 122 Å². The first-order valence-corrected chi connectivity index (χ1v) is 8.70. The average molecular weight is 290 g/mol. The summed E-state index contributed by atoms with van der Waals surface area (Å²) in [5.74, 6) is 0.983. The summed E-state index contributed by atoms with van der Waals surface area (Å²) in [7, 11) is 0. The monoisotopic (exact) mass is 290 g/mol. The van der Waals surface area contributed by atoms with Gasteiger partial charge >= 0.3 is 5.97 Å². The Balaban J connectivity index is 4.06. The molecule has 1 N–H and O–H groups in total. The van der Waals surface area contributed by atoms with Crippen LogP contribution in [0, 0.1) is 0 Å². The van der Waals surface area contributed by atoms with Crippen LogP contribution in [0.4, 0.5) is 0 Å². The SMILES string of the molecule is CCOC(=O)C(CCCSC)NCCN(CC)CC. The van der Waals surface area contributed by atoms with Gasteiger partial charge in [0.2, 0.25) is 0 Å². The van der Waals surface area contributed by atoms with E-state index in [4.69, 9.17) is 4.74 Å². The molecule has 0 aliphatic heterocycles. The Morgan fingerprint density at radius 3 is 2.53 bits per heavy atom. The van der Waals surface area contributed by atoms with Crippen molar-refractivity contribution < 1.29 is 9.53 Å². The Kier molecular flexibility index (Phi) is 12.6. The van der Waals surface area contributed by atoms with E-state index in [0.717, 1.165) is 44.8 Å². The van der Waals surface area contributed by atoms with Crippen LogP contribution < -0.4 is 5.32 Å². The third kappa shape index (κ3) is 9.30. The molecule has 0 heterocycles. The van der Waals surface area contributed by atoms with Gasteiger partial charge in [-0.3, -0.25) is 4.79 Å². The Bertz CT molecular complexity index is 223. The molecule has 0 spiro atoms. The lowest BCUT2D eigenvalue weighted by atomic mass is 10.1. The van der Waals surface area contributed by atoms with Crippen LogP contribution in [0.15, 0.2) is 0 Å². The van der Waals surface area contributed by atoms with Gasteiger partial charge in [-0.2, -0.15) is 11.8 Å². The molecule has 0 saturated carbocycles. The fourth-order valence-corrected chi connectivity index (χ4v) is 2.37. The maximum Gasteiger partial charge on any atom is 0.323 e.